The van der Waals surface area contributed by atoms with Gasteiger partial charge in [0, 0.05) is 5.38 Å². The van der Waals surface area contributed by atoms with Crippen molar-refractivity contribution in [2.45, 2.75) is 19.9 Å². The van der Waals surface area contributed by atoms with E-state index in [1.807, 2.05) is 19.2 Å². The van der Waals surface area contributed by atoms with Gasteiger partial charge in [0.15, 0.2) is 11.5 Å². The van der Waals surface area contributed by atoms with Crippen LogP contribution >= 0.6 is 11.3 Å². The quantitative estimate of drug-likeness (QED) is 0.878. The Bertz CT molecular complexity index is 699. The fourth-order valence-electron chi connectivity index (χ4n) is 2.21. The van der Waals surface area contributed by atoms with Gasteiger partial charge in [0.05, 0.1) is 43.6 Å². The normalized spacial score (nSPS) is 11.7. The summed E-state index contributed by atoms with van der Waals surface area (Å²) in [6.45, 7) is 3.82. The van der Waals surface area contributed by atoms with Crippen LogP contribution in [0.15, 0.2) is 17.5 Å². The molecule has 0 saturated carbocycles. The van der Waals surface area contributed by atoms with E-state index in [9.17, 15) is 4.79 Å². The average Bonchev–Trinajstić information content (AvgIpc) is 2.99. The smallest absolute Gasteiger partial charge is 0.255 e. The maximum atomic E-state index is 12.6. The van der Waals surface area contributed by atoms with Gasteiger partial charge in [0.1, 0.15) is 0 Å². The molecule has 0 fully saturated rings. The molecular formula is C16H20N2O4S. The number of hydrogen-bond acceptors (Lipinski definition) is 6. The molecule has 0 aliphatic rings. The van der Waals surface area contributed by atoms with Gasteiger partial charge in [0.2, 0.25) is 5.75 Å². The fourth-order valence-corrected chi connectivity index (χ4v) is 2.91. The lowest BCUT2D eigenvalue weighted by Crippen LogP contribution is -2.27. The Balaban J connectivity index is 2.28. The molecule has 1 unspecified atom stereocenters. The maximum Gasteiger partial charge on any atom is 0.255 e. The van der Waals surface area contributed by atoms with Gasteiger partial charge in [-0.05, 0) is 26.0 Å². The van der Waals surface area contributed by atoms with E-state index >= 15 is 0 Å². The molecule has 2 rings (SSSR count). The lowest BCUT2D eigenvalue weighted by Gasteiger charge is -2.17. The SMILES string of the molecule is COc1ccc(C(=O)NC(C)c2csc(C)n2)c(OC)c1OC. The van der Waals surface area contributed by atoms with Crippen LogP contribution in [0.1, 0.15) is 34.0 Å². The fraction of sp³-hybridized carbons (Fsp3) is 0.375. The molecule has 0 bridgehead atoms. The zero-order valence-corrected chi connectivity index (χ0v) is 14.6. The van der Waals surface area contributed by atoms with Crippen molar-refractivity contribution in [2.75, 3.05) is 21.3 Å². The molecule has 0 radical (unpaired) electrons. The Morgan fingerprint density at radius 2 is 1.87 bits per heavy atom. The van der Waals surface area contributed by atoms with Gasteiger partial charge in [0.25, 0.3) is 5.91 Å². The number of nitrogens with one attached hydrogen (secondary N) is 1. The summed E-state index contributed by atoms with van der Waals surface area (Å²) in [4.78, 5) is 17.0. The predicted molar refractivity (Wildman–Crippen MR) is 88.8 cm³/mol. The first-order chi connectivity index (χ1) is 11.0. The third-order valence-electron chi connectivity index (χ3n) is 3.38. The highest BCUT2D eigenvalue weighted by atomic mass is 32.1. The summed E-state index contributed by atoms with van der Waals surface area (Å²) in [6, 6.07) is 3.12. The summed E-state index contributed by atoms with van der Waals surface area (Å²) in [5.74, 6) is 0.968. The van der Waals surface area contributed by atoms with E-state index < -0.39 is 0 Å². The van der Waals surface area contributed by atoms with Crippen molar-refractivity contribution in [1.29, 1.82) is 0 Å². The third kappa shape index (κ3) is 3.56. The van der Waals surface area contributed by atoms with Crippen LogP contribution < -0.4 is 19.5 Å². The number of rotatable bonds is 6. The molecule has 2 aromatic rings. The van der Waals surface area contributed by atoms with E-state index in [1.54, 1.807) is 23.5 Å². The Hall–Kier alpha value is -2.28. The number of ether oxygens (including phenoxy) is 3. The highest BCUT2D eigenvalue weighted by Crippen LogP contribution is 2.39. The van der Waals surface area contributed by atoms with Gasteiger partial charge in [-0.3, -0.25) is 4.79 Å². The number of methoxy groups -OCH3 is 3. The second-order valence-corrected chi connectivity index (χ2v) is 5.93. The Morgan fingerprint density at radius 3 is 2.39 bits per heavy atom. The van der Waals surface area contributed by atoms with Gasteiger partial charge in [-0.25, -0.2) is 4.98 Å². The molecule has 7 heteroatoms. The van der Waals surface area contributed by atoms with Crippen LogP contribution in [0.5, 0.6) is 17.2 Å². The first kappa shape index (κ1) is 17.1. The van der Waals surface area contributed by atoms with Gasteiger partial charge >= 0.3 is 0 Å². The largest absolute Gasteiger partial charge is 0.493 e. The summed E-state index contributed by atoms with van der Waals surface area (Å²) in [7, 11) is 4.52. The zero-order valence-electron chi connectivity index (χ0n) is 13.8. The van der Waals surface area contributed by atoms with E-state index in [2.05, 4.69) is 10.3 Å². The minimum atomic E-state index is -0.263. The predicted octanol–water partition coefficient (Wildman–Crippen LogP) is 2.97. The van der Waals surface area contributed by atoms with Crippen molar-refractivity contribution in [3.05, 3.63) is 33.8 Å². The molecule has 1 aromatic carbocycles. The molecule has 0 saturated heterocycles. The van der Waals surface area contributed by atoms with Gasteiger partial charge in [-0.1, -0.05) is 0 Å². The number of hydrogen-bond donors (Lipinski definition) is 1. The molecule has 1 amide bonds. The van der Waals surface area contributed by atoms with E-state index in [1.165, 1.54) is 21.3 Å². The standard InChI is InChI=1S/C16H20N2O4S/c1-9(12-8-23-10(2)18-12)17-16(19)11-6-7-13(20-3)15(22-5)14(11)21-4/h6-9H,1-5H3,(H,17,19). The summed E-state index contributed by atoms with van der Waals surface area (Å²) in [5, 5.41) is 5.82. The third-order valence-corrected chi connectivity index (χ3v) is 4.17. The molecule has 1 aromatic heterocycles. The summed E-state index contributed by atoms with van der Waals surface area (Å²) in [5.41, 5.74) is 1.21. The van der Waals surface area contributed by atoms with Crippen molar-refractivity contribution >= 4 is 17.2 Å². The summed E-state index contributed by atoms with van der Waals surface area (Å²) < 4.78 is 15.9. The number of thiazole rings is 1. The second-order valence-electron chi connectivity index (χ2n) is 4.87. The Labute approximate surface area is 139 Å². The molecule has 1 heterocycles. The molecule has 0 aliphatic carbocycles. The lowest BCUT2D eigenvalue weighted by atomic mass is 10.1. The molecule has 6 nitrogen and oxygen atoms in total. The van der Waals surface area contributed by atoms with Gasteiger partial charge in [-0.2, -0.15) is 0 Å². The first-order valence-electron chi connectivity index (χ1n) is 7.03. The zero-order chi connectivity index (χ0) is 17.0. The van der Waals surface area contributed by atoms with Crippen LogP contribution in [-0.2, 0) is 0 Å². The number of carbonyl (C=O) groups excluding carboxylic acids is 1. The highest BCUT2D eigenvalue weighted by Gasteiger charge is 2.22. The van der Waals surface area contributed by atoms with Crippen LogP contribution in [0.2, 0.25) is 0 Å². The van der Waals surface area contributed by atoms with Crippen molar-refractivity contribution in [3.63, 3.8) is 0 Å². The second kappa shape index (κ2) is 7.32. The average molecular weight is 336 g/mol. The molecule has 1 N–H and O–H groups in total. The molecule has 124 valence electrons. The van der Waals surface area contributed by atoms with Gasteiger partial charge < -0.3 is 19.5 Å². The maximum absolute atomic E-state index is 12.6. The minimum absolute atomic E-state index is 0.203. The number of benzene rings is 1. The Kier molecular flexibility index (Phi) is 5.44. The lowest BCUT2D eigenvalue weighted by molar-refractivity contribution is 0.0935. The van der Waals surface area contributed by atoms with Crippen molar-refractivity contribution in [3.8, 4) is 17.2 Å². The number of aryl methyl sites for hydroxylation is 1. The van der Waals surface area contributed by atoms with Gasteiger partial charge in [-0.15, -0.1) is 11.3 Å². The van der Waals surface area contributed by atoms with E-state index in [0.717, 1.165) is 10.7 Å². The highest BCUT2D eigenvalue weighted by molar-refractivity contribution is 7.09. The molecule has 0 spiro atoms. The topological polar surface area (TPSA) is 69.7 Å². The van der Waals surface area contributed by atoms with E-state index in [0.29, 0.717) is 22.8 Å². The van der Waals surface area contributed by atoms with Crippen molar-refractivity contribution < 1.29 is 19.0 Å². The minimum Gasteiger partial charge on any atom is -0.493 e. The Morgan fingerprint density at radius 1 is 1.17 bits per heavy atom. The summed E-state index contributed by atoms with van der Waals surface area (Å²) >= 11 is 1.55. The number of carbonyl (C=O) groups is 1. The number of nitrogens with zero attached hydrogens (tertiary/aromatic N) is 1. The van der Waals surface area contributed by atoms with Crippen LogP contribution in [0, 0.1) is 6.92 Å². The van der Waals surface area contributed by atoms with Crippen LogP contribution in [0.3, 0.4) is 0 Å². The molecule has 23 heavy (non-hydrogen) atoms. The van der Waals surface area contributed by atoms with Crippen molar-refractivity contribution in [2.24, 2.45) is 0 Å². The van der Waals surface area contributed by atoms with Crippen LogP contribution in [0.4, 0.5) is 0 Å². The molecule has 0 aliphatic heterocycles. The number of amides is 1. The monoisotopic (exact) mass is 336 g/mol. The van der Waals surface area contributed by atoms with Crippen molar-refractivity contribution in [1.82, 2.24) is 10.3 Å². The number of aromatic nitrogens is 1. The van der Waals surface area contributed by atoms with Crippen LogP contribution in [0.25, 0.3) is 0 Å². The van der Waals surface area contributed by atoms with E-state index in [-0.39, 0.29) is 11.9 Å². The van der Waals surface area contributed by atoms with E-state index in [4.69, 9.17) is 14.2 Å². The first-order valence-corrected chi connectivity index (χ1v) is 7.91. The molecule has 1 atom stereocenters. The molecular weight excluding hydrogens is 316 g/mol. The van der Waals surface area contributed by atoms with Crippen LogP contribution in [-0.4, -0.2) is 32.2 Å². The summed E-state index contributed by atoms with van der Waals surface area (Å²) in [6.07, 6.45) is 0.